The van der Waals surface area contributed by atoms with Crippen molar-refractivity contribution in [3.8, 4) is 16.9 Å². The molecule has 4 aromatic rings. The molecule has 5 nitrogen and oxygen atoms in total. The highest BCUT2D eigenvalue weighted by Crippen LogP contribution is 2.38. The van der Waals surface area contributed by atoms with Gasteiger partial charge in [0, 0.05) is 58.5 Å². The lowest BCUT2D eigenvalue weighted by Gasteiger charge is -2.26. The minimum Gasteiger partial charge on any atom is -0.482 e. The molecule has 0 aliphatic carbocycles. The Labute approximate surface area is 214 Å². The summed E-state index contributed by atoms with van der Waals surface area (Å²) in [5.74, 6) is 0.0678. The molecule has 0 fully saturated rings. The van der Waals surface area contributed by atoms with Crippen molar-refractivity contribution in [3.63, 3.8) is 0 Å². The molecule has 1 atom stereocenters. The van der Waals surface area contributed by atoms with Gasteiger partial charge in [0.2, 0.25) is 0 Å². The number of pyridine rings is 1. The summed E-state index contributed by atoms with van der Waals surface area (Å²) in [6, 6.07) is 10.9. The number of nitrogens with two attached hydrogens (primary N) is 1. The first-order valence-corrected chi connectivity index (χ1v) is 12.5. The van der Waals surface area contributed by atoms with Crippen LogP contribution in [0.15, 0.2) is 42.6 Å². The smallest absolute Gasteiger partial charge is 0.166 e. The van der Waals surface area contributed by atoms with Crippen LogP contribution in [0, 0.1) is 5.82 Å². The van der Waals surface area contributed by atoms with Crippen LogP contribution in [0.4, 0.5) is 10.2 Å². The van der Waals surface area contributed by atoms with Gasteiger partial charge in [-0.1, -0.05) is 36.2 Å². The van der Waals surface area contributed by atoms with E-state index in [2.05, 4.69) is 40.0 Å². The fraction of sp³-hybridized carbons (Fsp3) is 0.296. The average Bonchev–Trinajstić information content (AvgIpc) is 3.20. The number of H-pyrrole nitrogens is 1. The third-order valence-corrected chi connectivity index (χ3v) is 7.31. The Morgan fingerprint density at radius 1 is 1.20 bits per heavy atom. The van der Waals surface area contributed by atoms with E-state index in [1.54, 1.807) is 13.1 Å². The van der Waals surface area contributed by atoms with Crippen LogP contribution in [-0.4, -0.2) is 28.0 Å². The number of benzene rings is 2. The van der Waals surface area contributed by atoms with Crippen LogP contribution in [0.3, 0.4) is 0 Å². The third kappa shape index (κ3) is 4.58. The summed E-state index contributed by atoms with van der Waals surface area (Å²) in [5.41, 5.74) is 12.2. The molecule has 0 spiro atoms. The number of fused-ring (bicyclic) bond motifs is 3. The summed E-state index contributed by atoms with van der Waals surface area (Å²) in [7, 11) is 0. The first-order chi connectivity index (χ1) is 16.9. The van der Waals surface area contributed by atoms with Gasteiger partial charge in [-0.15, -0.1) is 0 Å². The second-order valence-corrected chi connectivity index (χ2v) is 9.78. The van der Waals surface area contributed by atoms with Crippen molar-refractivity contribution >= 4 is 39.9 Å². The van der Waals surface area contributed by atoms with E-state index in [1.807, 2.05) is 6.07 Å². The molecule has 182 valence electrons. The lowest BCUT2D eigenvalue weighted by atomic mass is 10.0. The maximum Gasteiger partial charge on any atom is 0.166 e. The number of anilines is 1. The number of hydrogen-bond donors (Lipinski definition) is 2. The number of aromatic nitrogens is 2. The Balaban J connectivity index is 1.47. The van der Waals surface area contributed by atoms with E-state index in [-0.39, 0.29) is 10.8 Å². The normalized spacial score (nSPS) is 14.8. The highest BCUT2D eigenvalue weighted by molar-refractivity contribution is 6.36. The molecule has 1 aliphatic rings. The lowest BCUT2D eigenvalue weighted by Crippen LogP contribution is -2.30. The molecule has 0 amide bonds. The van der Waals surface area contributed by atoms with Crippen molar-refractivity contribution < 1.29 is 9.13 Å². The number of nitrogens with one attached hydrogen (secondary N) is 1. The van der Waals surface area contributed by atoms with Gasteiger partial charge >= 0.3 is 0 Å². The molecule has 0 saturated carbocycles. The van der Waals surface area contributed by atoms with Crippen molar-refractivity contribution in [1.82, 2.24) is 14.9 Å². The van der Waals surface area contributed by atoms with E-state index in [0.29, 0.717) is 16.3 Å². The van der Waals surface area contributed by atoms with Crippen LogP contribution in [0.25, 0.3) is 22.0 Å². The summed E-state index contributed by atoms with van der Waals surface area (Å²) in [4.78, 5) is 10.5. The molecule has 0 saturated heterocycles. The summed E-state index contributed by atoms with van der Waals surface area (Å²) in [5, 5.41) is 1.49. The predicted molar refractivity (Wildman–Crippen MR) is 141 cm³/mol. The van der Waals surface area contributed by atoms with E-state index < -0.39 is 11.9 Å². The standard InChI is InChI=1S/C27H27Cl2FN4O/c1-3-9-34-10-8-23-19(14-34)18-11-16(4-7-22(18)33-23)17-12-24(27(31)32-13-17)35-15(2)25-20(28)5-6-21(30)26(25)29/h4-7,11-13,15,33H,3,8-10,14H2,1-2H3,(H2,31,32)/t15-/m1/s1. The molecular weight excluding hydrogens is 486 g/mol. The van der Waals surface area contributed by atoms with Crippen LogP contribution in [0.2, 0.25) is 10.0 Å². The van der Waals surface area contributed by atoms with E-state index >= 15 is 0 Å². The number of hydrogen-bond acceptors (Lipinski definition) is 4. The number of nitrogens with zero attached hydrogens (tertiary/aromatic N) is 2. The molecule has 1 aliphatic heterocycles. The van der Waals surface area contributed by atoms with Crippen LogP contribution < -0.4 is 10.5 Å². The number of halogens is 3. The van der Waals surface area contributed by atoms with Gasteiger partial charge in [0.25, 0.3) is 0 Å². The molecule has 3 heterocycles. The monoisotopic (exact) mass is 512 g/mol. The minimum absolute atomic E-state index is 0.0625. The van der Waals surface area contributed by atoms with Crippen molar-refractivity contribution in [2.75, 3.05) is 18.8 Å². The van der Waals surface area contributed by atoms with Crippen LogP contribution in [-0.2, 0) is 13.0 Å². The van der Waals surface area contributed by atoms with Gasteiger partial charge in [-0.2, -0.15) is 0 Å². The number of rotatable bonds is 6. The van der Waals surface area contributed by atoms with E-state index in [9.17, 15) is 4.39 Å². The molecule has 2 aromatic heterocycles. The van der Waals surface area contributed by atoms with Crippen LogP contribution >= 0.6 is 23.2 Å². The van der Waals surface area contributed by atoms with E-state index in [0.717, 1.165) is 49.1 Å². The number of ether oxygens (including phenoxy) is 1. The maximum absolute atomic E-state index is 14.0. The summed E-state index contributed by atoms with van der Waals surface area (Å²) in [6.07, 6.45) is 3.28. The molecular formula is C27H27Cl2FN4O. The number of nitrogen functional groups attached to an aromatic ring is 1. The Bertz CT molecular complexity index is 1400. The Morgan fingerprint density at radius 2 is 2.03 bits per heavy atom. The van der Waals surface area contributed by atoms with Crippen molar-refractivity contribution in [1.29, 1.82) is 0 Å². The van der Waals surface area contributed by atoms with Crippen molar-refractivity contribution in [2.45, 2.75) is 39.3 Å². The topological polar surface area (TPSA) is 67.2 Å². The fourth-order valence-corrected chi connectivity index (χ4v) is 5.51. The maximum atomic E-state index is 14.0. The van der Waals surface area contributed by atoms with Gasteiger partial charge in [-0.3, -0.25) is 4.90 Å². The second kappa shape index (κ2) is 9.69. The molecule has 0 unspecified atom stereocenters. The quantitative estimate of drug-likeness (QED) is 0.269. The average molecular weight is 513 g/mol. The predicted octanol–water partition coefficient (Wildman–Crippen LogP) is 7.17. The Morgan fingerprint density at radius 3 is 2.83 bits per heavy atom. The first-order valence-electron chi connectivity index (χ1n) is 11.8. The SMILES string of the molecule is CCCN1CCc2[nH]c3ccc(-c4cnc(N)c(O[C@H](C)c5c(Cl)ccc(F)c5Cl)c4)cc3c2C1. The highest BCUT2D eigenvalue weighted by atomic mass is 35.5. The lowest BCUT2D eigenvalue weighted by molar-refractivity contribution is 0.227. The van der Waals surface area contributed by atoms with Gasteiger partial charge in [0.1, 0.15) is 11.9 Å². The largest absolute Gasteiger partial charge is 0.482 e. The highest BCUT2D eigenvalue weighted by Gasteiger charge is 2.22. The fourth-order valence-electron chi connectivity index (χ4n) is 4.83. The van der Waals surface area contributed by atoms with Crippen LogP contribution in [0.5, 0.6) is 5.75 Å². The Kier molecular flexibility index (Phi) is 6.62. The number of aromatic amines is 1. The van der Waals surface area contributed by atoms with Crippen LogP contribution in [0.1, 0.15) is 43.2 Å². The zero-order valence-corrected chi connectivity index (χ0v) is 21.2. The molecule has 35 heavy (non-hydrogen) atoms. The first kappa shape index (κ1) is 23.9. The van der Waals surface area contributed by atoms with E-state index in [4.69, 9.17) is 33.7 Å². The van der Waals surface area contributed by atoms with Gasteiger partial charge in [0.15, 0.2) is 11.6 Å². The van der Waals surface area contributed by atoms with Gasteiger partial charge in [-0.25, -0.2) is 9.37 Å². The third-order valence-electron chi connectivity index (χ3n) is 6.60. The zero-order chi connectivity index (χ0) is 24.7. The zero-order valence-electron chi connectivity index (χ0n) is 19.7. The van der Waals surface area contributed by atoms with E-state index in [1.165, 1.54) is 28.8 Å². The summed E-state index contributed by atoms with van der Waals surface area (Å²) < 4.78 is 20.1. The van der Waals surface area contributed by atoms with Gasteiger partial charge in [0.05, 0.1) is 5.02 Å². The summed E-state index contributed by atoms with van der Waals surface area (Å²) in [6.45, 7) is 7.10. The van der Waals surface area contributed by atoms with Gasteiger partial charge in [-0.05, 0) is 61.3 Å². The second-order valence-electron chi connectivity index (χ2n) is 8.99. The minimum atomic E-state index is -0.631. The Hall–Kier alpha value is -2.80. The molecule has 0 bridgehead atoms. The van der Waals surface area contributed by atoms with Gasteiger partial charge < -0.3 is 15.5 Å². The molecule has 5 rings (SSSR count). The molecule has 3 N–H and O–H groups in total. The summed E-state index contributed by atoms with van der Waals surface area (Å²) >= 11 is 12.4. The molecule has 8 heteroatoms. The molecule has 0 radical (unpaired) electrons. The molecule has 2 aromatic carbocycles. The van der Waals surface area contributed by atoms with Crippen molar-refractivity contribution in [3.05, 3.63) is 75.3 Å². The van der Waals surface area contributed by atoms with Crippen molar-refractivity contribution in [2.24, 2.45) is 0 Å².